The van der Waals surface area contributed by atoms with Crippen molar-refractivity contribution in [2.75, 3.05) is 26.3 Å². The summed E-state index contributed by atoms with van der Waals surface area (Å²) >= 11 is 0. The Morgan fingerprint density at radius 3 is 2.67 bits per heavy atom. The standard InChI is InChI=1S/C19H18N2O3/c20-12-15-6-8-17(9-7-15)24-14-19(22)21-10-11-23-18(13-21)16-4-2-1-3-5-16/h1-9,18H,10-11,13-14H2/t18-/m0/s1. The van der Waals surface area contributed by atoms with Crippen molar-refractivity contribution in [3.05, 3.63) is 65.7 Å². The van der Waals surface area contributed by atoms with Gasteiger partial charge in [0.1, 0.15) is 11.9 Å². The summed E-state index contributed by atoms with van der Waals surface area (Å²) in [5.74, 6) is 0.513. The third-order valence-electron chi connectivity index (χ3n) is 3.94. The van der Waals surface area contributed by atoms with E-state index in [0.29, 0.717) is 31.0 Å². The van der Waals surface area contributed by atoms with E-state index in [0.717, 1.165) is 5.56 Å². The first-order valence-electron chi connectivity index (χ1n) is 7.83. The Hall–Kier alpha value is -2.84. The van der Waals surface area contributed by atoms with Crippen LogP contribution in [0.15, 0.2) is 54.6 Å². The van der Waals surface area contributed by atoms with Crippen LogP contribution in [-0.4, -0.2) is 37.1 Å². The van der Waals surface area contributed by atoms with Crippen LogP contribution in [0.2, 0.25) is 0 Å². The lowest BCUT2D eigenvalue weighted by Crippen LogP contribution is -2.44. The molecule has 1 saturated heterocycles. The minimum absolute atomic E-state index is 0.0204. The SMILES string of the molecule is N#Cc1ccc(OCC(=O)N2CCO[C@H](c3ccccc3)C2)cc1. The molecule has 2 aromatic carbocycles. The van der Waals surface area contributed by atoms with Gasteiger partial charge in [-0.15, -0.1) is 0 Å². The van der Waals surface area contributed by atoms with Gasteiger partial charge in [-0.3, -0.25) is 4.79 Å². The molecule has 1 atom stereocenters. The van der Waals surface area contributed by atoms with E-state index in [4.69, 9.17) is 14.7 Å². The fraction of sp³-hybridized carbons (Fsp3) is 0.263. The Labute approximate surface area is 141 Å². The summed E-state index contributed by atoms with van der Waals surface area (Å²) in [6.45, 7) is 1.59. The molecule has 1 fully saturated rings. The van der Waals surface area contributed by atoms with Crippen molar-refractivity contribution in [3.63, 3.8) is 0 Å². The molecule has 0 aromatic heterocycles. The van der Waals surface area contributed by atoms with Crippen LogP contribution < -0.4 is 4.74 Å². The van der Waals surface area contributed by atoms with Crippen molar-refractivity contribution in [2.24, 2.45) is 0 Å². The Morgan fingerprint density at radius 2 is 1.96 bits per heavy atom. The van der Waals surface area contributed by atoms with Crippen LogP contribution in [0.3, 0.4) is 0 Å². The predicted octanol–water partition coefficient (Wildman–Crippen LogP) is 2.54. The molecule has 122 valence electrons. The second-order valence-electron chi connectivity index (χ2n) is 5.53. The van der Waals surface area contributed by atoms with E-state index in [1.807, 2.05) is 36.4 Å². The zero-order valence-corrected chi connectivity index (χ0v) is 13.2. The fourth-order valence-electron chi connectivity index (χ4n) is 2.61. The van der Waals surface area contributed by atoms with Crippen molar-refractivity contribution in [1.82, 2.24) is 4.90 Å². The van der Waals surface area contributed by atoms with Crippen LogP contribution in [-0.2, 0) is 9.53 Å². The monoisotopic (exact) mass is 322 g/mol. The van der Waals surface area contributed by atoms with E-state index in [-0.39, 0.29) is 18.6 Å². The molecule has 1 amide bonds. The largest absolute Gasteiger partial charge is 0.484 e. The highest BCUT2D eigenvalue weighted by molar-refractivity contribution is 5.78. The molecule has 1 aliphatic rings. The molecule has 0 unspecified atom stereocenters. The average Bonchev–Trinajstić information content (AvgIpc) is 2.67. The van der Waals surface area contributed by atoms with Gasteiger partial charge in [-0.05, 0) is 29.8 Å². The van der Waals surface area contributed by atoms with Crippen molar-refractivity contribution < 1.29 is 14.3 Å². The minimum atomic E-state index is -0.0983. The molecule has 5 nitrogen and oxygen atoms in total. The van der Waals surface area contributed by atoms with Crippen LogP contribution in [0, 0.1) is 11.3 Å². The highest BCUT2D eigenvalue weighted by atomic mass is 16.5. The molecule has 0 aliphatic carbocycles. The zero-order valence-electron chi connectivity index (χ0n) is 13.2. The molecule has 0 bridgehead atoms. The number of rotatable bonds is 4. The lowest BCUT2D eigenvalue weighted by Gasteiger charge is -2.33. The van der Waals surface area contributed by atoms with Crippen molar-refractivity contribution >= 4 is 5.91 Å². The van der Waals surface area contributed by atoms with Crippen LogP contribution >= 0.6 is 0 Å². The van der Waals surface area contributed by atoms with E-state index < -0.39 is 0 Å². The van der Waals surface area contributed by atoms with Gasteiger partial charge in [0.2, 0.25) is 0 Å². The first-order valence-corrected chi connectivity index (χ1v) is 7.83. The number of nitriles is 1. The number of hydrogen-bond donors (Lipinski definition) is 0. The van der Waals surface area contributed by atoms with E-state index >= 15 is 0 Å². The molecule has 1 aliphatic heterocycles. The van der Waals surface area contributed by atoms with Gasteiger partial charge in [0.05, 0.1) is 24.8 Å². The van der Waals surface area contributed by atoms with Gasteiger partial charge in [-0.1, -0.05) is 30.3 Å². The van der Waals surface area contributed by atoms with Gasteiger partial charge in [-0.2, -0.15) is 5.26 Å². The molecular formula is C19H18N2O3. The summed E-state index contributed by atoms with van der Waals surface area (Å²) in [5.41, 5.74) is 1.63. The van der Waals surface area contributed by atoms with Crippen LogP contribution in [0.25, 0.3) is 0 Å². The second-order valence-corrected chi connectivity index (χ2v) is 5.53. The summed E-state index contributed by atoms with van der Waals surface area (Å²) in [6.07, 6.45) is -0.0983. The van der Waals surface area contributed by atoms with Gasteiger partial charge >= 0.3 is 0 Å². The Balaban J connectivity index is 1.55. The van der Waals surface area contributed by atoms with Gasteiger partial charge in [0.15, 0.2) is 6.61 Å². The van der Waals surface area contributed by atoms with Crippen LogP contribution in [0.4, 0.5) is 0 Å². The Bertz CT molecular complexity index is 723. The number of morpholine rings is 1. The predicted molar refractivity (Wildman–Crippen MR) is 88.4 cm³/mol. The highest BCUT2D eigenvalue weighted by Gasteiger charge is 2.25. The number of hydrogen-bond acceptors (Lipinski definition) is 4. The van der Waals surface area contributed by atoms with Crippen molar-refractivity contribution in [2.45, 2.75) is 6.10 Å². The summed E-state index contributed by atoms with van der Waals surface area (Å²) in [6, 6.07) is 18.7. The molecule has 2 aromatic rings. The first-order chi connectivity index (χ1) is 11.8. The van der Waals surface area contributed by atoms with Crippen molar-refractivity contribution in [1.29, 1.82) is 5.26 Å². The maximum atomic E-state index is 12.4. The molecule has 0 N–H and O–H groups in total. The topological polar surface area (TPSA) is 62.6 Å². The van der Waals surface area contributed by atoms with Gasteiger partial charge in [0, 0.05) is 6.54 Å². The van der Waals surface area contributed by atoms with Crippen LogP contribution in [0.5, 0.6) is 5.75 Å². The van der Waals surface area contributed by atoms with E-state index in [1.54, 1.807) is 29.2 Å². The molecule has 3 rings (SSSR count). The Kier molecular flexibility index (Phi) is 5.09. The number of ether oxygens (including phenoxy) is 2. The number of benzene rings is 2. The molecular weight excluding hydrogens is 304 g/mol. The van der Waals surface area contributed by atoms with E-state index in [1.165, 1.54) is 0 Å². The van der Waals surface area contributed by atoms with Gasteiger partial charge in [-0.25, -0.2) is 0 Å². The maximum Gasteiger partial charge on any atom is 0.260 e. The van der Waals surface area contributed by atoms with Gasteiger partial charge in [0.25, 0.3) is 5.91 Å². The summed E-state index contributed by atoms with van der Waals surface area (Å²) in [7, 11) is 0. The van der Waals surface area contributed by atoms with Gasteiger partial charge < -0.3 is 14.4 Å². The smallest absolute Gasteiger partial charge is 0.260 e. The number of carbonyl (C=O) groups is 1. The fourth-order valence-corrected chi connectivity index (χ4v) is 2.61. The third kappa shape index (κ3) is 3.92. The molecule has 5 heteroatoms. The summed E-state index contributed by atoms with van der Waals surface area (Å²) < 4.78 is 11.3. The average molecular weight is 322 g/mol. The number of nitrogens with zero attached hydrogens (tertiary/aromatic N) is 2. The van der Waals surface area contributed by atoms with E-state index in [9.17, 15) is 4.79 Å². The first kappa shape index (κ1) is 16.0. The van der Waals surface area contributed by atoms with E-state index in [2.05, 4.69) is 0 Å². The molecule has 1 heterocycles. The Morgan fingerprint density at radius 1 is 1.21 bits per heavy atom. The number of carbonyl (C=O) groups excluding carboxylic acids is 1. The zero-order chi connectivity index (χ0) is 16.8. The maximum absolute atomic E-state index is 12.4. The minimum Gasteiger partial charge on any atom is -0.484 e. The van der Waals surface area contributed by atoms with Crippen molar-refractivity contribution in [3.8, 4) is 11.8 Å². The molecule has 0 spiro atoms. The normalized spacial score (nSPS) is 17.1. The van der Waals surface area contributed by atoms with Crippen LogP contribution in [0.1, 0.15) is 17.2 Å². The number of amides is 1. The molecule has 0 saturated carbocycles. The lowest BCUT2D eigenvalue weighted by molar-refractivity contribution is -0.141. The lowest BCUT2D eigenvalue weighted by atomic mass is 10.1. The second kappa shape index (κ2) is 7.62. The molecule has 24 heavy (non-hydrogen) atoms. The summed E-state index contributed by atoms with van der Waals surface area (Å²) in [4.78, 5) is 14.1. The quantitative estimate of drug-likeness (QED) is 0.868. The highest BCUT2D eigenvalue weighted by Crippen LogP contribution is 2.22. The summed E-state index contributed by atoms with van der Waals surface area (Å²) in [5, 5.41) is 8.77. The molecule has 0 radical (unpaired) electrons. The third-order valence-corrected chi connectivity index (χ3v) is 3.94.